The second-order valence-corrected chi connectivity index (χ2v) is 7.07. The van der Waals surface area contributed by atoms with Gasteiger partial charge in [-0.1, -0.05) is 6.07 Å². The van der Waals surface area contributed by atoms with Crippen molar-refractivity contribution in [2.75, 3.05) is 20.8 Å². The highest BCUT2D eigenvalue weighted by molar-refractivity contribution is 8.18. The number of carbonyl (C=O) groups excluding carboxylic acids is 1. The van der Waals surface area contributed by atoms with Crippen LogP contribution in [0, 0.1) is 0 Å². The van der Waals surface area contributed by atoms with Gasteiger partial charge in [-0.05, 0) is 66.7 Å². The maximum atomic E-state index is 12.6. The Morgan fingerprint density at radius 3 is 2.55 bits per heavy atom. The molecule has 7 nitrogen and oxygen atoms in total. The number of methoxy groups -OCH3 is 1. The fourth-order valence-electron chi connectivity index (χ4n) is 2.64. The molecule has 0 aliphatic carbocycles. The number of aromatic carboxylic acids is 1. The fraction of sp³-hybridized carbons (Fsp3) is 0.190. The highest BCUT2D eigenvalue weighted by Gasteiger charge is 2.30. The maximum Gasteiger partial charge on any atom is 0.335 e. The first kappa shape index (κ1) is 20.5. The van der Waals surface area contributed by atoms with Crippen LogP contribution in [-0.2, 0) is 4.79 Å². The molecular weight excluding hydrogens is 392 g/mol. The molecule has 0 saturated carbocycles. The third-order valence-corrected chi connectivity index (χ3v) is 5.19. The SMILES string of the molecule is CCOc1ccc(/C=C2\SC(=Nc3ccc(C(=O)O)cc3)N(C)C2=O)cc1OC. The van der Waals surface area contributed by atoms with Crippen LogP contribution >= 0.6 is 11.8 Å². The van der Waals surface area contributed by atoms with E-state index >= 15 is 0 Å². The van der Waals surface area contributed by atoms with E-state index in [9.17, 15) is 9.59 Å². The van der Waals surface area contributed by atoms with E-state index in [-0.39, 0.29) is 11.5 Å². The van der Waals surface area contributed by atoms with Crippen molar-refractivity contribution in [3.8, 4) is 11.5 Å². The molecule has 0 spiro atoms. The van der Waals surface area contributed by atoms with Crippen LogP contribution in [0.25, 0.3) is 6.08 Å². The molecule has 1 aliphatic rings. The zero-order chi connectivity index (χ0) is 21.0. The van der Waals surface area contributed by atoms with Gasteiger partial charge >= 0.3 is 5.97 Å². The summed E-state index contributed by atoms with van der Waals surface area (Å²) < 4.78 is 10.9. The topological polar surface area (TPSA) is 88.4 Å². The molecule has 1 saturated heterocycles. The van der Waals surface area contributed by atoms with Gasteiger partial charge in [0.25, 0.3) is 5.91 Å². The van der Waals surface area contributed by atoms with Gasteiger partial charge in [0.1, 0.15) is 0 Å². The van der Waals surface area contributed by atoms with Gasteiger partial charge in [-0.25, -0.2) is 9.79 Å². The van der Waals surface area contributed by atoms with Gasteiger partial charge in [0, 0.05) is 7.05 Å². The molecule has 8 heteroatoms. The van der Waals surface area contributed by atoms with Crippen molar-refractivity contribution in [3.63, 3.8) is 0 Å². The molecule has 29 heavy (non-hydrogen) atoms. The molecule has 2 aromatic carbocycles. The lowest BCUT2D eigenvalue weighted by molar-refractivity contribution is -0.121. The van der Waals surface area contributed by atoms with E-state index < -0.39 is 5.97 Å². The molecule has 0 atom stereocenters. The first-order valence-corrected chi connectivity index (χ1v) is 9.65. The van der Waals surface area contributed by atoms with Crippen LogP contribution in [0.2, 0.25) is 0 Å². The molecule has 3 rings (SSSR count). The number of amidine groups is 1. The Morgan fingerprint density at radius 2 is 1.93 bits per heavy atom. The van der Waals surface area contributed by atoms with Crippen LogP contribution in [0.3, 0.4) is 0 Å². The van der Waals surface area contributed by atoms with Gasteiger partial charge in [-0.3, -0.25) is 9.69 Å². The molecule has 0 aromatic heterocycles. The number of carboxylic acids is 1. The normalized spacial score (nSPS) is 16.5. The van der Waals surface area contributed by atoms with Crippen molar-refractivity contribution < 1.29 is 24.2 Å². The largest absolute Gasteiger partial charge is 0.493 e. The van der Waals surface area contributed by atoms with Gasteiger partial charge in [0.05, 0.1) is 29.9 Å². The van der Waals surface area contributed by atoms with E-state index in [1.54, 1.807) is 32.4 Å². The average molecular weight is 412 g/mol. The summed E-state index contributed by atoms with van der Waals surface area (Å²) in [7, 11) is 3.22. The van der Waals surface area contributed by atoms with E-state index in [4.69, 9.17) is 14.6 Å². The number of benzene rings is 2. The molecule has 1 fully saturated rings. The van der Waals surface area contributed by atoms with Crippen LogP contribution in [0.1, 0.15) is 22.8 Å². The van der Waals surface area contributed by atoms with Gasteiger partial charge in [-0.2, -0.15) is 0 Å². The summed E-state index contributed by atoms with van der Waals surface area (Å²) in [5.74, 6) is 0.0793. The molecule has 150 valence electrons. The number of hydrogen-bond donors (Lipinski definition) is 1. The number of amides is 1. The molecule has 1 N–H and O–H groups in total. The minimum Gasteiger partial charge on any atom is -0.493 e. The molecule has 0 radical (unpaired) electrons. The summed E-state index contributed by atoms with van der Waals surface area (Å²) in [5, 5.41) is 9.49. The number of hydrogen-bond acceptors (Lipinski definition) is 6. The van der Waals surface area contributed by atoms with E-state index in [1.807, 2.05) is 25.1 Å². The molecule has 2 aromatic rings. The predicted molar refractivity (Wildman–Crippen MR) is 113 cm³/mol. The number of rotatable bonds is 6. The number of carbonyl (C=O) groups is 2. The minimum absolute atomic E-state index is 0.163. The fourth-order valence-corrected chi connectivity index (χ4v) is 3.63. The zero-order valence-electron chi connectivity index (χ0n) is 16.2. The summed E-state index contributed by atoms with van der Waals surface area (Å²) in [6.07, 6.45) is 1.78. The smallest absolute Gasteiger partial charge is 0.335 e. The van der Waals surface area contributed by atoms with E-state index in [0.29, 0.717) is 33.9 Å². The summed E-state index contributed by atoms with van der Waals surface area (Å²) >= 11 is 1.25. The Kier molecular flexibility index (Phi) is 6.23. The maximum absolute atomic E-state index is 12.6. The minimum atomic E-state index is -0.997. The lowest BCUT2D eigenvalue weighted by Crippen LogP contribution is -2.23. The van der Waals surface area contributed by atoms with Crippen LogP contribution in [-0.4, -0.2) is 47.8 Å². The second kappa shape index (κ2) is 8.83. The quantitative estimate of drug-likeness (QED) is 0.721. The first-order chi connectivity index (χ1) is 13.9. The highest BCUT2D eigenvalue weighted by atomic mass is 32.2. The van der Waals surface area contributed by atoms with Crippen molar-refractivity contribution >= 4 is 40.6 Å². The summed E-state index contributed by atoms with van der Waals surface area (Å²) in [4.78, 5) is 30.0. The molecule has 1 aliphatic heterocycles. The number of likely N-dealkylation sites (N-methyl/N-ethyl adjacent to an activating group) is 1. The zero-order valence-corrected chi connectivity index (χ0v) is 17.0. The average Bonchev–Trinajstić information content (AvgIpc) is 2.97. The number of thioether (sulfide) groups is 1. The summed E-state index contributed by atoms with van der Waals surface area (Å²) in [5.41, 5.74) is 1.56. The second-order valence-electron chi connectivity index (χ2n) is 6.06. The van der Waals surface area contributed by atoms with Crippen molar-refractivity contribution in [2.24, 2.45) is 4.99 Å². The van der Waals surface area contributed by atoms with Gasteiger partial charge in [0.15, 0.2) is 16.7 Å². The van der Waals surface area contributed by atoms with Crippen molar-refractivity contribution in [1.29, 1.82) is 0 Å². The molecule has 0 bridgehead atoms. The van der Waals surface area contributed by atoms with E-state index in [2.05, 4.69) is 4.99 Å². The molecule has 1 amide bonds. The first-order valence-electron chi connectivity index (χ1n) is 8.83. The number of ether oxygens (including phenoxy) is 2. The van der Waals surface area contributed by atoms with Crippen molar-refractivity contribution in [3.05, 3.63) is 58.5 Å². The van der Waals surface area contributed by atoms with Crippen LogP contribution < -0.4 is 9.47 Å². The van der Waals surface area contributed by atoms with Gasteiger partial charge in [-0.15, -0.1) is 0 Å². The Hall–Kier alpha value is -3.26. The predicted octanol–water partition coefficient (Wildman–Crippen LogP) is 4.03. The van der Waals surface area contributed by atoms with Gasteiger partial charge in [0.2, 0.25) is 0 Å². The lowest BCUT2D eigenvalue weighted by atomic mass is 10.2. The number of nitrogens with zero attached hydrogens (tertiary/aromatic N) is 2. The Bertz CT molecular complexity index is 999. The van der Waals surface area contributed by atoms with Crippen molar-refractivity contribution in [1.82, 2.24) is 4.90 Å². The van der Waals surface area contributed by atoms with E-state index in [0.717, 1.165) is 5.56 Å². The van der Waals surface area contributed by atoms with Crippen LogP contribution in [0.5, 0.6) is 11.5 Å². The molecule has 1 heterocycles. The number of aliphatic imine (C=N–C) groups is 1. The third kappa shape index (κ3) is 4.60. The Balaban J connectivity index is 1.85. The Morgan fingerprint density at radius 1 is 1.21 bits per heavy atom. The van der Waals surface area contributed by atoms with Gasteiger partial charge < -0.3 is 14.6 Å². The highest BCUT2D eigenvalue weighted by Crippen LogP contribution is 2.35. The lowest BCUT2D eigenvalue weighted by Gasteiger charge is -2.09. The van der Waals surface area contributed by atoms with Crippen LogP contribution in [0.15, 0.2) is 52.4 Å². The summed E-state index contributed by atoms with van der Waals surface area (Å²) in [6, 6.07) is 11.6. The van der Waals surface area contributed by atoms with E-state index in [1.165, 1.54) is 28.8 Å². The molecular formula is C21H20N2O5S. The van der Waals surface area contributed by atoms with Crippen LogP contribution in [0.4, 0.5) is 5.69 Å². The Labute approximate surface area is 172 Å². The summed E-state index contributed by atoms with van der Waals surface area (Å²) in [6.45, 7) is 2.43. The monoisotopic (exact) mass is 412 g/mol. The third-order valence-electron chi connectivity index (χ3n) is 4.13. The van der Waals surface area contributed by atoms with Crippen molar-refractivity contribution in [2.45, 2.75) is 6.92 Å². The molecule has 0 unspecified atom stereocenters. The standard InChI is InChI=1S/C21H20N2O5S/c1-4-28-16-10-5-13(11-17(16)27-3)12-18-19(24)23(2)21(29-18)22-15-8-6-14(7-9-15)20(25)26/h5-12H,4H2,1-3H3,(H,25,26)/b18-12-,22-21?. The number of carboxylic acid groups (broad SMARTS) is 1.